The predicted molar refractivity (Wildman–Crippen MR) is 155 cm³/mol. The topological polar surface area (TPSA) is 87.7 Å². The van der Waals surface area contributed by atoms with E-state index in [2.05, 4.69) is 24.1 Å². The van der Waals surface area contributed by atoms with Gasteiger partial charge in [-0.1, -0.05) is 49.7 Å². The number of rotatable bonds is 9. The summed E-state index contributed by atoms with van der Waals surface area (Å²) in [5, 5.41) is 4.36. The number of hydrogen-bond donors (Lipinski definition) is 1. The van der Waals surface area contributed by atoms with E-state index < -0.39 is 10.0 Å². The van der Waals surface area contributed by atoms with E-state index in [4.69, 9.17) is 14.7 Å². The van der Waals surface area contributed by atoms with Crippen molar-refractivity contribution in [1.29, 1.82) is 0 Å². The monoisotopic (exact) mass is 545 g/mol. The lowest BCUT2D eigenvalue weighted by molar-refractivity contribution is 0.141. The molecule has 1 aliphatic heterocycles. The van der Waals surface area contributed by atoms with Gasteiger partial charge in [0, 0.05) is 31.6 Å². The summed E-state index contributed by atoms with van der Waals surface area (Å²) in [4.78, 5) is 12.4. The molecule has 5 rings (SSSR count). The zero-order chi connectivity index (χ0) is 27.4. The smallest absolute Gasteiger partial charge is 0.243 e. The Balaban J connectivity index is 1.34. The number of para-hydroxylation sites is 3. The summed E-state index contributed by atoms with van der Waals surface area (Å²) < 4.78 is 33.7. The molecule has 1 fully saturated rings. The SMILES string of the molecule is CCCc1ccc(S(=O)(=O)N2CCN([C@H](C)c3nc(Nc4ccccc4OC)c4ccccc4n3)CC2)cc1. The summed E-state index contributed by atoms with van der Waals surface area (Å²) in [7, 11) is -1.88. The molecule has 1 N–H and O–H groups in total. The summed E-state index contributed by atoms with van der Waals surface area (Å²) >= 11 is 0. The summed E-state index contributed by atoms with van der Waals surface area (Å²) in [6, 6.07) is 22.9. The Morgan fingerprint density at radius 1 is 0.923 bits per heavy atom. The van der Waals surface area contributed by atoms with Gasteiger partial charge < -0.3 is 10.1 Å². The molecule has 0 amide bonds. The Morgan fingerprint density at radius 3 is 2.33 bits per heavy atom. The van der Waals surface area contributed by atoms with Crippen molar-refractivity contribution in [2.45, 2.75) is 37.6 Å². The lowest BCUT2D eigenvalue weighted by Gasteiger charge is -2.37. The van der Waals surface area contributed by atoms with E-state index in [1.165, 1.54) is 0 Å². The number of fused-ring (bicyclic) bond motifs is 1. The van der Waals surface area contributed by atoms with Gasteiger partial charge in [-0.15, -0.1) is 0 Å². The third-order valence-electron chi connectivity index (χ3n) is 7.27. The highest BCUT2D eigenvalue weighted by Gasteiger charge is 2.31. The molecule has 0 saturated carbocycles. The van der Waals surface area contributed by atoms with E-state index in [1.807, 2.05) is 60.7 Å². The maximum absolute atomic E-state index is 13.3. The number of hydrogen-bond acceptors (Lipinski definition) is 7. The number of aromatic nitrogens is 2. The molecule has 0 unspecified atom stereocenters. The average Bonchev–Trinajstić information content (AvgIpc) is 2.97. The van der Waals surface area contributed by atoms with Crippen LogP contribution in [0.1, 0.15) is 37.7 Å². The Morgan fingerprint density at radius 2 is 1.62 bits per heavy atom. The molecule has 4 aromatic rings. The van der Waals surface area contributed by atoms with Gasteiger partial charge in [0.25, 0.3) is 0 Å². The van der Waals surface area contributed by atoms with Crippen molar-refractivity contribution in [3.63, 3.8) is 0 Å². The molecule has 1 aromatic heterocycles. The van der Waals surface area contributed by atoms with Gasteiger partial charge in [0.1, 0.15) is 17.4 Å². The average molecular weight is 546 g/mol. The van der Waals surface area contributed by atoms with Crippen molar-refractivity contribution in [3.05, 3.63) is 84.2 Å². The molecule has 1 atom stereocenters. The third-order valence-corrected chi connectivity index (χ3v) is 9.19. The first-order chi connectivity index (χ1) is 18.9. The first kappa shape index (κ1) is 27.1. The van der Waals surface area contributed by atoms with E-state index in [1.54, 1.807) is 23.5 Å². The highest BCUT2D eigenvalue weighted by atomic mass is 32.2. The van der Waals surface area contributed by atoms with Gasteiger partial charge in [0.2, 0.25) is 10.0 Å². The van der Waals surface area contributed by atoms with Crippen molar-refractivity contribution >= 4 is 32.4 Å². The van der Waals surface area contributed by atoms with E-state index in [-0.39, 0.29) is 6.04 Å². The largest absolute Gasteiger partial charge is 0.495 e. The zero-order valence-corrected chi connectivity index (χ0v) is 23.5. The van der Waals surface area contributed by atoms with Crippen molar-refractivity contribution in [3.8, 4) is 5.75 Å². The number of anilines is 2. The second-order valence-electron chi connectivity index (χ2n) is 9.78. The molecule has 1 aliphatic rings. The fraction of sp³-hybridized carbons (Fsp3) is 0.333. The van der Waals surface area contributed by atoms with Gasteiger partial charge in [-0.3, -0.25) is 4.90 Å². The van der Waals surface area contributed by atoms with E-state index in [0.29, 0.717) is 42.7 Å². The molecular formula is C30H35N5O3S. The van der Waals surface area contributed by atoms with Gasteiger partial charge in [-0.05, 0) is 55.3 Å². The van der Waals surface area contributed by atoms with Gasteiger partial charge in [-0.2, -0.15) is 4.31 Å². The second kappa shape index (κ2) is 11.7. The van der Waals surface area contributed by atoms with Crippen molar-refractivity contribution in [1.82, 2.24) is 19.2 Å². The first-order valence-electron chi connectivity index (χ1n) is 13.4. The minimum atomic E-state index is -3.53. The van der Waals surface area contributed by atoms with Crippen LogP contribution in [-0.2, 0) is 16.4 Å². The third kappa shape index (κ3) is 5.75. The molecule has 204 valence electrons. The highest BCUT2D eigenvalue weighted by molar-refractivity contribution is 7.89. The lowest BCUT2D eigenvalue weighted by atomic mass is 10.1. The first-order valence-corrected chi connectivity index (χ1v) is 14.8. The van der Waals surface area contributed by atoms with Gasteiger partial charge in [0.15, 0.2) is 0 Å². The van der Waals surface area contributed by atoms with Crippen LogP contribution in [0.3, 0.4) is 0 Å². The molecule has 0 spiro atoms. The van der Waals surface area contributed by atoms with Crippen LogP contribution in [0.5, 0.6) is 5.75 Å². The fourth-order valence-corrected chi connectivity index (χ4v) is 6.43. The van der Waals surface area contributed by atoms with Crippen LogP contribution in [0.15, 0.2) is 77.7 Å². The molecule has 3 aromatic carbocycles. The van der Waals surface area contributed by atoms with Gasteiger partial charge >= 0.3 is 0 Å². The quantitative estimate of drug-likeness (QED) is 0.301. The summed E-state index contributed by atoms with van der Waals surface area (Å²) in [6.45, 7) is 6.23. The van der Waals surface area contributed by atoms with Gasteiger partial charge in [0.05, 0.1) is 29.3 Å². The van der Waals surface area contributed by atoms with Crippen molar-refractivity contribution in [2.24, 2.45) is 0 Å². The van der Waals surface area contributed by atoms with E-state index >= 15 is 0 Å². The number of sulfonamides is 1. The van der Waals surface area contributed by atoms with Crippen LogP contribution in [0.4, 0.5) is 11.5 Å². The zero-order valence-electron chi connectivity index (χ0n) is 22.7. The summed E-state index contributed by atoms with van der Waals surface area (Å²) in [5.74, 6) is 2.13. The maximum atomic E-state index is 13.3. The van der Waals surface area contributed by atoms with Gasteiger partial charge in [-0.25, -0.2) is 18.4 Å². The molecule has 0 radical (unpaired) electrons. The number of nitrogens with one attached hydrogen (secondary N) is 1. The molecule has 2 heterocycles. The molecule has 8 nitrogen and oxygen atoms in total. The Hall–Kier alpha value is -3.53. The molecular weight excluding hydrogens is 510 g/mol. The van der Waals surface area contributed by atoms with E-state index in [9.17, 15) is 8.42 Å². The molecule has 0 aliphatic carbocycles. The van der Waals surface area contributed by atoms with Crippen LogP contribution in [-0.4, -0.2) is 60.9 Å². The van der Waals surface area contributed by atoms with Crippen LogP contribution in [0.25, 0.3) is 10.9 Å². The Labute approximate surface area is 230 Å². The minimum Gasteiger partial charge on any atom is -0.495 e. The normalized spacial score (nSPS) is 15.8. The van der Waals surface area contributed by atoms with E-state index in [0.717, 1.165) is 40.7 Å². The Bertz CT molecular complexity index is 1530. The van der Waals surface area contributed by atoms with Crippen LogP contribution >= 0.6 is 0 Å². The summed E-state index contributed by atoms with van der Waals surface area (Å²) in [5.41, 5.74) is 2.83. The number of aryl methyl sites for hydroxylation is 1. The standard InChI is InChI=1S/C30H35N5O3S/c1-4-9-23-14-16-24(17-15-23)39(36,37)35-20-18-34(19-21-35)22(2)29-31-26-11-6-5-10-25(26)30(33-29)32-27-12-7-8-13-28(27)38-3/h5-8,10-17,22H,4,9,18-21H2,1-3H3,(H,31,32,33)/t22-/m1/s1. The number of piperazine rings is 1. The summed E-state index contributed by atoms with van der Waals surface area (Å²) in [6.07, 6.45) is 1.98. The predicted octanol–water partition coefficient (Wildman–Crippen LogP) is 5.40. The highest BCUT2D eigenvalue weighted by Crippen LogP contribution is 2.31. The second-order valence-corrected chi connectivity index (χ2v) is 11.7. The Kier molecular flexibility index (Phi) is 8.11. The molecule has 39 heavy (non-hydrogen) atoms. The maximum Gasteiger partial charge on any atom is 0.243 e. The number of methoxy groups -OCH3 is 1. The van der Waals surface area contributed by atoms with Crippen LogP contribution in [0.2, 0.25) is 0 Å². The number of benzene rings is 3. The van der Waals surface area contributed by atoms with Crippen molar-refractivity contribution in [2.75, 3.05) is 38.6 Å². The minimum absolute atomic E-state index is 0.0917. The van der Waals surface area contributed by atoms with Crippen LogP contribution in [0, 0.1) is 0 Å². The fourth-order valence-electron chi connectivity index (χ4n) is 5.01. The lowest BCUT2D eigenvalue weighted by Crippen LogP contribution is -2.49. The molecule has 1 saturated heterocycles. The number of nitrogens with zero attached hydrogens (tertiary/aromatic N) is 4. The molecule has 9 heteroatoms. The number of ether oxygens (including phenoxy) is 1. The van der Waals surface area contributed by atoms with Crippen molar-refractivity contribution < 1.29 is 13.2 Å². The molecule has 0 bridgehead atoms. The van der Waals surface area contributed by atoms with Crippen LogP contribution < -0.4 is 10.1 Å².